The van der Waals surface area contributed by atoms with E-state index in [9.17, 15) is 22.0 Å². The minimum Gasteiger partial charge on any atom is -0.427 e. The van der Waals surface area contributed by atoms with E-state index in [2.05, 4.69) is 16.3 Å². The van der Waals surface area contributed by atoms with Gasteiger partial charge in [0.25, 0.3) is 0 Å². The number of fused-ring (bicyclic) bond motifs is 1. The normalized spacial score (nSPS) is 11.7. The van der Waals surface area contributed by atoms with Crippen LogP contribution in [0, 0.1) is 17.5 Å². The topological polar surface area (TPSA) is 22.1 Å². The lowest BCUT2D eigenvalue weighted by Gasteiger charge is -2.15. The highest BCUT2D eigenvalue weighted by atomic mass is 32.1. The number of aryl methyl sites for hydroxylation is 1. The Balaban J connectivity index is 1.60. The maximum Gasteiger partial charge on any atom is 0.454 e. The third kappa shape index (κ3) is 4.50. The molecule has 1 heterocycles. The first-order valence-corrected chi connectivity index (χ1v) is 10.4. The predicted molar refractivity (Wildman–Crippen MR) is 114 cm³/mol. The van der Waals surface area contributed by atoms with Crippen molar-refractivity contribution in [3.05, 3.63) is 95.3 Å². The van der Waals surface area contributed by atoms with E-state index in [1.54, 1.807) is 18.2 Å². The molecule has 0 aliphatic carbocycles. The zero-order valence-corrected chi connectivity index (χ0v) is 17.4. The summed E-state index contributed by atoms with van der Waals surface area (Å²) < 4.78 is 73.8. The molecule has 0 amide bonds. The van der Waals surface area contributed by atoms with E-state index in [0.717, 1.165) is 24.0 Å². The molecular weight excluding hydrogens is 445 g/mol. The molecule has 0 fully saturated rings. The second kappa shape index (κ2) is 8.70. The van der Waals surface area contributed by atoms with Crippen LogP contribution in [0.4, 0.5) is 22.0 Å². The van der Waals surface area contributed by atoms with Gasteiger partial charge in [0.15, 0.2) is 17.5 Å². The average molecular weight is 461 g/mol. The number of benzene rings is 3. The van der Waals surface area contributed by atoms with Crippen LogP contribution >= 0.6 is 11.3 Å². The average Bonchev–Trinajstić information content (AvgIpc) is 3.20. The molecule has 0 aliphatic rings. The maximum atomic E-state index is 14.6. The van der Waals surface area contributed by atoms with Gasteiger partial charge in [-0.3, -0.25) is 0 Å². The molecule has 0 N–H and O–H groups in total. The molecule has 0 saturated heterocycles. The van der Waals surface area contributed by atoms with E-state index in [0.29, 0.717) is 33.7 Å². The Kier molecular flexibility index (Phi) is 5.97. The summed E-state index contributed by atoms with van der Waals surface area (Å²) in [5.74, 6) is -5.86. The number of rotatable bonds is 7. The molecule has 1 aromatic heterocycles. The van der Waals surface area contributed by atoms with Crippen molar-refractivity contribution < 1.29 is 26.7 Å². The smallest absolute Gasteiger partial charge is 0.427 e. The molecule has 164 valence electrons. The third-order valence-electron chi connectivity index (χ3n) is 4.77. The molecule has 0 aliphatic heterocycles. The molecule has 0 atom stereocenters. The molecule has 32 heavy (non-hydrogen) atoms. The third-order valence-corrected chi connectivity index (χ3v) is 5.83. The Morgan fingerprint density at radius 3 is 2.25 bits per heavy atom. The van der Waals surface area contributed by atoms with E-state index in [1.807, 2.05) is 30.3 Å². The van der Waals surface area contributed by atoms with Crippen LogP contribution in [0.15, 0.2) is 67.3 Å². The van der Waals surface area contributed by atoms with Crippen LogP contribution in [0.25, 0.3) is 21.3 Å². The summed E-state index contributed by atoms with van der Waals surface area (Å²) in [5, 5.41) is -0.686. The number of allylic oxidation sites excluding steroid dienone is 1. The second-order valence-electron chi connectivity index (χ2n) is 7.05. The van der Waals surface area contributed by atoms with Gasteiger partial charge in [-0.15, -0.1) is 17.9 Å². The van der Waals surface area contributed by atoms with Crippen LogP contribution < -0.4 is 4.74 Å². The number of ether oxygens (including phenoxy) is 1. The first-order chi connectivity index (χ1) is 15.3. The van der Waals surface area contributed by atoms with Crippen LogP contribution in [0.5, 0.6) is 5.75 Å². The summed E-state index contributed by atoms with van der Waals surface area (Å²) >= 11 is 0.699. The van der Waals surface area contributed by atoms with Gasteiger partial charge in [0.1, 0.15) is 5.75 Å². The van der Waals surface area contributed by atoms with Gasteiger partial charge in [0.2, 0.25) is 5.01 Å². The lowest BCUT2D eigenvalue weighted by atomic mass is 10.0. The Hall–Kier alpha value is -3.26. The highest BCUT2D eigenvalue weighted by molar-refractivity contribution is 7.18. The van der Waals surface area contributed by atoms with Crippen LogP contribution in [-0.2, 0) is 12.5 Å². The van der Waals surface area contributed by atoms with Gasteiger partial charge in [-0.25, -0.2) is 18.2 Å². The standard InChI is InChI=1S/C24H16F5NOS/c1-2-3-4-14-5-7-15(8-6-14)16-9-10-20-21(11-16)32-23(30-20)24(28,29)31-17-12-18(25)22(27)19(26)13-17/h2,5-13H,1,3-4H2. The van der Waals surface area contributed by atoms with Crippen LogP contribution in [0.1, 0.15) is 17.0 Å². The Morgan fingerprint density at radius 1 is 0.938 bits per heavy atom. The fourth-order valence-corrected chi connectivity index (χ4v) is 4.06. The molecule has 8 heteroatoms. The quantitative estimate of drug-likeness (QED) is 0.160. The second-order valence-corrected chi connectivity index (χ2v) is 8.08. The largest absolute Gasteiger partial charge is 0.454 e. The van der Waals surface area contributed by atoms with Crippen molar-refractivity contribution in [1.29, 1.82) is 0 Å². The lowest BCUT2D eigenvalue weighted by Crippen LogP contribution is -2.21. The molecular formula is C24H16F5NOS. The number of halogens is 5. The van der Waals surface area contributed by atoms with Crippen LogP contribution in [0.3, 0.4) is 0 Å². The SMILES string of the molecule is C=CCCc1ccc(-c2ccc3nc(C(F)(F)Oc4cc(F)c(F)c(F)c4)sc3c2)cc1. The van der Waals surface area contributed by atoms with E-state index < -0.39 is 34.3 Å². The first-order valence-electron chi connectivity index (χ1n) is 9.59. The molecule has 3 aromatic carbocycles. The van der Waals surface area contributed by atoms with E-state index in [4.69, 9.17) is 0 Å². The minimum absolute atomic E-state index is 0.330. The van der Waals surface area contributed by atoms with Gasteiger partial charge >= 0.3 is 6.11 Å². The van der Waals surface area contributed by atoms with Crippen molar-refractivity contribution in [1.82, 2.24) is 4.98 Å². The van der Waals surface area contributed by atoms with Crippen molar-refractivity contribution in [3.8, 4) is 16.9 Å². The molecule has 0 saturated carbocycles. The Bertz CT molecular complexity index is 1260. The molecule has 2 nitrogen and oxygen atoms in total. The van der Waals surface area contributed by atoms with Gasteiger partial charge in [0.05, 0.1) is 10.2 Å². The molecule has 4 rings (SSSR count). The van der Waals surface area contributed by atoms with E-state index in [-0.39, 0.29) is 0 Å². The highest BCUT2D eigenvalue weighted by Gasteiger charge is 2.39. The van der Waals surface area contributed by atoms with E-state index in [1.165, 1.54) is 5.56 Å². The molecule has 4 aromatic rings. The first kappa shape index (κ1) is 22.0. The van der Waals surface area contributed by atoms with Gasteiger partial charge in [-0.05, 0) is 41.7 Å². The molecule has 0 radical (unpaired) electrons. The van der Waals surface area contributed by atoms with Crippen molar-refractivity contribution in [2.24, 2.45) is 0 Å². The number of hydrogen-bond donors (Lipinski definition) is 0. The maximum absolute atomic E-state index is 14.6. The Morgan fingerprint density at radius 2 is 1.59 bits per heavy atom. The van der Waals surface area contributed by atoms with Crippen LogP contribution in [0.2, 0.25) is 0 Å². The molecule has 0 spiro atoms. The summed E-state index contributed by atoms with van der Waals surface area (Å²) in [6, 6.07) is 13.8. The summed E-state index contributed by atoms with van der Waals surface area (Å²) in [6.07, 6.45) is -0.348. The lowest BCUT2D eigenvalue weighted by molar-refractivity contribution is -0.185. The molecule has 0 bridgehead atoms. The van der Waals surface area contributed by atoms with Crippen molar-refractivity contribution in [2.45, 2.75) is 19.0 Å². The minimum atomic E-state index is -3.96. The van der Waals surface area contributed by atoms with E-state index >= 15 is 0 Å². The monoisotopic (exact) mass is 461 g/mol. The number of aromatic nitrogens is 1. The Labute approximate surface area is 184 Å². The number of thiazole rings is 1. The summed E-state index contributed by atoms with van der Waals surface area (Å²) in [6.45, 7) is 3.71. The van der Waals surface area contributed by atoms with Gasteiger partial charge in [-0.1, -0.05) is 36.4 Å². The van der Waals surface area contributed by atoms with Gasteiger partial charge in [-0.2, -0.15) is 8.78 Å². The van der Waals surface area contributed by atoms with Gasteiger partial charge in [0, 0.05) is 12.1 Å². The summed E-state index contributed by atoms with van der Waals surface area (Å²) in [5.41, 5.74) is 3.25. The summed E-state index contributed by atoms with van der Waals surface area (Å²) in [4.78, 5) is 3.90. The van der Waals surface area contributed by atoms with Crippen molar-refractivity contribution >= 4 is 21.6 Å². The number of nitrogens with zero attached hydrogens (tertiary/aromatic N) is 1. The fraction of sp³-hybridized carbons (Fsp3) is 0.125. The number of hydrogen-bond acceptors (Lipinski definition) is 3. The number of alkyl halides is 2. The van der Waals surface area contributed by atoms with Crippen molar-refractivity contribution in [3.63, 3.8) is 0 Å². The highest BCUT2D eigenvalue weighted by Crippen LogP contribution is 2.38. The van der Waals surface area contributed by atoms with Crippen molar-refractivity contribution in [2.75, 3.05) is 0 Å². The van der Waals surface area contributed by atoms with Gasteiger partial charge < -0.3 is 4.74 Å². The molecule has 0 unspecified atom stereocenters. The summed E-state index contributed by atoms with van der Waals surface area (Å²) in [7, 11) is 0. The zero-order chi connectivity index (χ0) is 22.9. The van der Waals surface area contributed by atoms with Crippen LogP contribution in [-0.4, -0.2) is 4.98 Å². The predicted octanol–water partition coefficient (Wildman–Crippen LogP) is 7.63. The fourth-order valence-electron chi connectivity index (χ4n) is 3.14. The zero-order valence-electron chi connectivity index (χ0n) is 16.5.